The van der Waals surface area contributed by atoms with Crippen LogP contribution in [0.1, 0.15) is 33.1 Å². The zero-order chi connectivity index (χ0) is 11.3. The molecular formula is C10H20N4O. The minimum absolute atomic E-state index is 0.425. The van der Waals surface area contributed by atoms with Gasteiger partial charge in [0.2, 0.25) is 5.89 Å². The van der Waals surface area contributed by atoms with E-state index in [2.05, 4.69) is 36.3 Å². The number of aromatic nitrogens is 2. The quantitative estimate of drug-likeness (QED) is 0.772. The van der Waals surface area contributed by atoms with E-state index in [1.807, 2.05) is 11.9 Å². The zero-order valence-electron chi connectivity index (χ0n) is 9.95. The third-order valence-electron chi connectivity index (χ3n) is 2.00. The van der Waals surface area contributed by atoms with E-state index in [0.29, 0.717) is 24.5 Å². The molecule has 0 fully saturated rings. The first-order valence-electron chi connectivity index (χ1n) is 5.40. The van der Waals surface area contributed by atoms with E-state index in [0.717, 1.165) is 13.0 Å². The Bertz CT molecular complexity index is 285. The molecule has 0 aliphatic rings. The van der Waals surface area contributed by atoms with Crippen molar-refractivity contribution in [3.8, 4) is 0 Å². The Kier molecular flexibility index (Phi) is 4.55. The van der Waals surface area contributed by atoms with E-state index >= 15 is 0 Å². The molecule has 1 rings (SSSR count). The summed E-state index contributed by atoms with van der Waals surface area (Å²) in [7, 11) is 1.96. The molecule has 5 nitrogen and oxygen atoms in total. The zero-order valence-corrected chi connectivity index (χ0v) is 9.95. The van der Waals surface area contributed by atoms with Gasteiger partial charge in [-0.15, -0.1) is 5.10 Å². The summed E-state index contributed by atoms with van der Waals surface area (Å²) in [5.74, 6) is 0.640. The van der Waals surface area contributed by atoms with Crippen molar-refractivity contribution in [1.82, 2.24) is 15.5 Å². The fourth-order valence-corrected chi connectivity index (χ4v) is 1.19. The Hall–Kier alpha value is -1.10. The number of rotatable bonds is 6. The molecule has 0 saturated heterocycles. The standard InChI is InChI=1S/C10H20N4O/c1-5-6-14(4)10-13-12-9(15-10)7-11-8(2)3/h8,11H,5-7H2,1-4H3. The highest BCUT2D eigenvalue weighted by molar-refractivity contribution is 5.21. The Morgan fingerprint density at radius 3 is 2.73 bits per heavy atom. The predicted molar refractivity (Wildman–Crippen MR) is 59.8 cm³/mol. The Morgan fingerprint density at radius 1 is 1.40 bits per heavy atom. The molecule has 0 aromatic carbocycles. The van der Waals surface area contributed by atoms with Crippen molar-refractivity contribution < 1.29 is 4.42 Å². The molecule has 1 aromatic rings. The topological polar surface area (TPSA) is 54.2 Å². The Labute approximate surface area is 90.9 Å². The fourth-order valence-electron chi connectivity index (χ4n) is 1.19. The molecule has 15 heavy (non-hydrogen) atoms. The van der Waals surface area contributed by atoms with Crippen LogP contribution in [-0.2, 0) is 6.54 Å². The van der Waals surface area contributed by atoms with Crippen molar-refractivity contribution in [2.24, 2.45) is 0 Å². The summed E-state index contributed by atoms with van der Waals surface area (Å²) in [6.45, 7) is 7.85. The number of hydrogen-bond acceptors (Lipinski definition) is 5. The van der Waals surface area contributed by atoms with E-state index in [1.165, 1.54) is 0 Å². The van der Waals surface area contributed by atoms with Crippen molar-refractivity contribution in [3.63, 3.8) is 0 Å². The van der Waals surface area contributed by atoms with Gasteiger partial charge >= 0.3 is 6.01 Å². The van der Waals surface area contributed by atoms with Gasteiger partial charge in [0.15, 0.2) is 0 Å². The largest absolute Gasteiger partial charge is 0.407 e. The molecule has 1 N–H and O–H groups in total. The summed E-state index contributed by atoms with van der Waals surface area (Å²) in [6, 6.07) is 1.02. The second kappa shape index (κ2) is 5.70. The van der Waals surface area contributed by atoms with Crippen LogP contribution >= 0.6 is 0 Å². The molecule has 0 bridgehead atoms. The minimum atomic E-state index is 0.425. The number of hydrogen-bond donors (Lipinski definition) is 1. The van der Waals surface area contributed by atoms with E-state index in [9.17, 15) is 0 Å². The van der Waals surface area contributed by atoms with Gasteiger partial charge in [-0.2, -0.15) is 0 Å². The average Bonchev–Trinajstić information content (AvgIpc) is 2.63. The highest BCUT2D eigenvalue weighted by Crippen LogP contribution is 2.10. The highest BCUT2D eigenvalue weighted by Gasteiger charge is 2.09. The molecule has 5 heteroatoms. The van der Waals surface area contributed by atoms with Crippen molar-refractivity contribution in [1.29, 1.82) is 0 Å². The molecular weight excluding hydrogens is 192 g/mol. The van der Waals surface area contributed by atoms with Crippen LogP contribution in [0, 0.1) is 0 Å². The maximum Gasteiger partial charge on any atom is 0.317 e. The number of anilines is 1. The molecule has 0 unspecified atom stereocenters. The molecule has 86 valence electrons. The third kappa shape index (κ3) is 3.87. The van der Waals surface area contributed by atoms with Gasteiger partial charge < -0.3 is 14.6 Å². The van der Waals surface area contributed by atoms with Crippen LogP contribution in [0.2, 0.25) is 0 Å². The SMILES string of the molecule is CCCN(C)c1nnc(CNC(C)C)o1. The lowest BCUT2D eigenvalue weighted by molar-refractivity contribution is 0.449. The Balaban J connectivity index is 2.48. The third-order valence-corrected chi connectivity index (χ3v) is 2.00. The number of nitrogens with zero attached hydrogens (tertiary/aromatic N) is 3. The minimum Gasteiger partial charge on any atom is -0.407 e. The number of nitrogens with one attached hydrogen (secondary N) is 1. The summed E-state index contributed by atoms with van der Waals surface area (Å²) < 4.78 is 5.49. The molecule has 0 spiro atoms. The van der Waals surface area contributed by atoms with Crippen LogP contribution in [0.3, 0.4) is 0 Å². The second-order valence-electron chi connectivity index (χ2n) is 3.94. The van der Waals surface area contributed by atoms with Crippen LogP contribution in [-0.4, -0.2) is 29.8 Å². The molecule has 1 heterocycles. The van der Waals surface area contributed by atoms with E-state index < -0.39 is 0 Å². The van der Waals surface area contributed by atoms with Crippen LogP contribution < -0.4 is 10.2 Å². The highest BCUT2D eigenvalue weighted by atomic mass is 16.4. The lowest BCUT2D eigenvalue weighted by Gasteiger charge is -2.11. The van der Waals surface area contributed by atoms with E-state index in [1.54, 1.807) is 0 Å². The van der Waals surface area contributed by atoms with Crippen molar-refractivity contribution >= 4 is 6.01 Å². The summed E-state index contributed by atoms with van der Waals surface area (Å²) in [4.78, 5) is 1.96. The monoisotopic (exact) mass is 212 g/mol. The first kappa shape index (κ1) is 12.0. The van der Waals surface area contributed by atoms with Crippen LogP contribution in [0.4, 0.5) is 6.01 Å². The molecule has 0 aliphatic heterocycles. The van der Waals surface area contributed by atoms with Gasteiger partial charge in [-0.1, -0.05) is 25.9 Å². The van der Waals surface area contributed by atoms with Crippen LogP contribution in [0.25, 0.3) is 0 Å². The summed E-state index contributed by atoms with van der Waals surface area (Å²) >= 11 is 0. The molecule has 0 aliphatic carbocycles. The van der Waals surface area contributed by atoms with Crippen molar-refractivity contribution in [2.45, 2.75) is 39.8 Å². The maximum atomic E-state index is 5.49. The molecule has 1 aromatic heterocycles. The second-order valence-corrected chi connectivity index (χ2v) is 3.94. The van der Waals surface area contributed by atoms with Crippen molar-refractivity contribution in [3.05, 3.63) is 5.89 Å². The molecule has 0 saturated carbocycles. The summed E-state index contributed by atoms with van der Waals surface area (Å²) in [5, 5.41) is 11.2. The van der Waals surface area contributed by atoms with Gasteiger partial charge in [-0.3, -0.25) is 0 Å². The molecule has 0 atom stereocenters. The van der Waals surface area contributed by atoms with Crippen LogP contribution in [0.15, 0.2) is 4.42 Å². The summed E-state index contributed by atoms with van der Waals surface area (Å²) in [5.41, 5.74) is 0. The summed E-state index contributed by atoms with van der Waals surface area (Å²) in [6.07, 6.45) is 1.07. The first-order valence-corrected chi connectivity index (χ1v) is 5.40. The van der Waals surface area contributed by atoms with E-state index in [-0.39, 0.29) is 0 Å². The van der Waals surface area contributed by atoms with Gasteiger partial charge in [-0.25, -0.2) is 0 Å². The predicted octanol–water partition coefficient (Wildman–Crippen LogP) is 1.41. The lowest BCUT2D eigenvalue weighted by atomic mass is 10.4. The van der Waals surface area contributed by atoms with Crippen LogP contribution in [0.5, 0.6) is 0 Å². The van der Waals surface area contributed by atoms with Gasteiger partial charge in [-0.05, 0) is 6.42 Å². The lowest BCUT2D eigenvalue weighted by Crippen LogP contribution is -2.22. The van der Waals surface area contributed by atoms with Gasteiger partial charge in [0.05, 0.1) is 6.54 Å². The fraction of sp³-hybridized carbons (Fsp3) is 0.800. The maximum absolute atomic E-state index is 5.49. The van der Waals surface area contributed by atoms with E-state index in [4.69, 9.17) is 4.42 Å². The van der Waals surface area contributed by atoms with Gasteiger partial charge in [0.1, 0.15) is 0 Å². The average molecular weight is 212 g/mol. The van der Waals surface area contributed by atoms with Gasteiger partial charge in [0.25, 0.3) is 0 Å². The normalized spacial score (nSPS) is 11.0. The van der Waals surface area contributed by atoms with Gasteiger partial charge in [0, 0.05) is 19.6 Å². The smallest absolute Gasteiger partial charge is 0.317 e. The Morgan fingerprint density at radius 2 is 2.13 bits per heavy atom. The van der Waals surface area contributed by atoms with Crippen molar-refractivity contribution in [2.75, 3.05) is 18.5 Å². The first-order chi connectivity index (χ1) is 7.13. The molecule has 0 radical (unpaired) electrons. The molecule has 0 amide bonds.